The molecule has 268 valence electrons. The minimum Gasteiger partial charge on any atom is -0.505 e. The van der Waals surface area contributed by atoms with Crippen LogP contribution in [0.4, 0.5) is 10.2 Å². The number of carbonyl (C=O) groups excluding carboxylic acids is 4. The number of phenolic OH excluding ortho intramolecular Hbond substituents is 1. The lowest BCUT2D eigenvalue weighted by atomic mass is 9.51. The van der Waals surface area contributed by atoms with Gasteiger partial charge in [-0.2, -0.15) is 5.10 Å². The van der Waals surface area contributed by atoms with Crippen LogP contribution in [0.1, 0.15) is 42.4 Å². The predicted octanol–water partition coefficient (Wildman–Crippen LogP) is 7.54. The number of thiophene rings is 1. The summed E-state index contributed by atoms with van der Waals surface area (Å²) in [6.07, 6.45) is 2.38. The smallest absolute Gasteiger partial charge is 0.242 e. The van der Waals surface area contributed by atoms with E-state index < -0.39 is 58.4 Å². The number of anilines is 1. The van der Waals surface area contributed by atoms with Crippen LogP contribution in [0.3, 0.4) is 0 Å². The number of phenols is 1. The summed E-state index contributed by atoms with van der Waals surface area (Å²) in [6, 6.07) is 20.8. The van der Waals surface area contributed by atoms with Crippen molar-refractivity contribution in [2.75, 3.05) is 4.90 Å². The van der Waals surface area contributed by atoms with Crippen molar-refractivity contribution in [2.24, 2.45) is 36.1 Å². The molecule has 4 amide bonds. The van der Waals surface area contributed by atoms with Crippen molar-refractivity contribution in [3.8, 4) is 16.3 Å². The number of aryl methyl sites for hydroxylation is 2. The van der Waals surface area contributed by atoms with E-state index in [-0.39, 0.29) is 31.2 Å². The number of amides is 4. The van der Waals surface area contributed by atoms with Crippen molar-refractivity contribution in [3.05, 3.63) is 112 Å². The molecular formula is C41H34ClFN4O5S. The van der Waals surface area contributed by atoms with Crippen LogP contribution < -0.4 is 4.90 Å². The number of allylic oxidation sites excluding steroid dienone is 2. The molecule has 0 bridgehead atoms. The van der Waals surface area contributed by atoms with Gasteiger partial charge in [0.2, 0.25) is 23.6 Å². The summed E-state index contributed by atoms with van der Waals surface area (Å²) in [5, 5.41) is 16.5. The average Bonchev–Trinajstić information content (AvgIpc) is 3.81. The molecule has 6 atom stereocenters. The maximum Gasteiger partial charge on any atom is 0.242 e. The minimum absolute atomic E-state index is 0.141. The van der Waals surface area contributed by atoms with E-state index in [4.69, 9.17) is 16.7 Å². The van der Waals surface area contributed by atoms with Crippen LogP contribution in [0, 0.1) is 41.8 Å². The Morgan fingerprint density at radius 1 is 0.981 bits per heavy atom. The SMILES string of the molecule is Cc1c(-c2cc(N3C(=O)C4CC5C(=CCC6C(=O)N(Cc7ccccc7)C(=O)C65)C(c5ccc(O)c(F)c5)C4(C)C3=O)n(C)n2)sc2ccc(Cl)cc12. The Hall–Kier alpha value is -5.13. The number of rotatable bonds is 5. The van der Waals surface area contributed by atoms with Gasteiger partial charge in [-0.15, -0.1) is 11.3 Å². The number of imide groups is 2. The number of halogens is 2. The van der Waals surface area contributed by atoms with E-state index in [0.29, 0.717) is 22.1 Å². The fourth-order valence-electron chi connectivity index (χ4n) is 9.52. The molecule has 9 nitrogen and oxygen atoms in total. The maximum absolute atomic E-state index is 15.1. The van der Waals surface area contributed by atoms with E-state index in [2.05, 4.69) is 0 Å². The quantitative estimate of drug-likeness (QED) is 0.147. The highest BCUT2D eigenvalue weighted by molar-refractivity contribution is 7.22. The minimum atomic E-state index is -1.38. The Morgan fingerprint density at radius 3 is 2.51 bits per heavy atom. The summed E-state index contributed by atoms with van der Waals surface area (Å²) in [5.74, 6) is -6.13. The summed E-state index contributed by atoms with van der Waals surface area (Å²) >= 11 is 7.84. The molecular weight excluding hydrogens is 715 g/mol. The van der Waals surface area contributed by atoms with Gasteiger partial charge < -0.3 is 5.11 Å². The number of benzene rings is 3. The second kappa shape index (κ2) is 11.9. The molecule has 1 saturated carbocycles. The lowest BCUT2D eigenvalue weighted by Crippen LogP contribution is -2.48. The number of aromatic hydroxyl groups is 1. The monoisotopic (exact) mass is 748 g/mol. The molecule has 9 rings (SSSR count). The maximum atomic E-state index is 15.1. The molecule has 0 radical (unpaired) electrons. The molecule has 2 saturated heterocycles. The molecule has 4 aliphatic rings. The van der Waals surface area contributed by atoms with Crippen LogP contribution in [0.15, 0.2) is 84.4 Å². The van der Waals surface area contributed by atoms with E-state index in [1.54, 1.807) is 37.4 Å². The van der Waals surface area contributed by atoms with E-state index in [1.165, 1.54) is 26.6 Å². The summed E-state index contributed by atoms with van der Waals surface area (Å²) < 4.78 is 17.7. The number of hydrogen-bond acceptors (Lipinski definition) is 7. The normalized spacial score (nSPS) is 26.7. The Morgan fingerprint density at radius 2 is 1.75 bits per heavy atom. The van der Waals surface area contributed by atoms with E-state index in [0.717, 1.165) is 31.7 Å². The van der Waals surface area contributed by atoms with Gasteiger partial charge in [0.15, 0.2) is 11.6 Å². The second-order valence-electron chi connectivity index (χ2n) is 14.8. The number of fused-ring (bicyclic) bond motifs is 5. The van der Waals surface area contributed by atoms with Gasteiger partial charge in [-0.05, 0) is 85.0 Å². The fraction of sp³-hybridized carbons (Fsp3) is 0.293. The molecule has 3 fully saturated rings. The molecule has 6 unspecified atom stereocenters. The average molecular weight is 749 g/mol. The van der Waals surface area contributed by atoms with Gasteiger partial charge in [-0.3, -0.25) is 28.8 Å². The molecule has 3 aromatic carbocycles. The number of likely N-dealkylation sites (tertiary alicyclic amines) is 1. The zero-order chi connectivity index (χ0) is 37.1. The highest BCUT2D eigenvalue weighted by Gasteiger charge is 2.68. The molecule has 2 aromatic heterocycles. The summed E-state index contributed by atoms with van der Waals surface area (Å²) in [6.45, 7) is 3.87. The van der Waals surface area contributed by atoms with Crippen molar-refractivity contribution in [1.82, 2.24) is 14.7 Å². The zero-order valence-corrected chi connectivity index (χ0v) is 30.6. The summed E-state index contributed by atoms with van der Waals surface area (Å²) in [4.78, 5) is 61.2. The van der Waals surface area contributed by atoms with Crippen molar-refractivity contribution in [1.29, 1.82) is 0 Å². The van der Waals surface area contributed by atoms with Crippen LogP contribution in [0.5, 0.6) is 5.75 Å². The third kappa shape index (κ3) is 4.82. The molecule has 1 N–H and O–H groups in total. The van der Waals surface area contributed by atoms with Gasteiger partial charge in [0.25, 0.3) is 0 Å². The third-order valence-corrected chi connectivity index (χ3v) is 13.6. The molecule has 53 heavy (non-hydrogen) atoms. The Bertz CT molecular complexity index is 2460. The predicted molar refractivity (Wildman–Crippen MR) is 198 cm³/mol. The fourth-order valence-corrected chi connectivity index (χ4v) is 10.8. The van der Waals surface area contributed by atoms with Crippen LogP contribution in [0.2, 0.25) is 5.02 Å². The number of carbonyl (C=O) groups is 4. The van der Waals surface area contributed by atoms with Crippen molar-refractivity contribution >= 4 is 62.5 Å². The van der Waals surface area contributed by atoms with Crippen molar-refractivity contribution in [2.45, 2.75) is 39.2 Å². The van der Waals surface area contributed by atoms with E-state index in [1.807, 2.05) is 61.5 Å². The van der Waals surface area contributed by atoms with Gasteiger partial charge >= 0.3 is 0 Å². The van der Waals surface area contributed by atoms with Crippen LogP contribution in [0.25, 0.3) is 20.7 Å². The van der Waals surface area contributed by atoms with Crippen molar-refractivity contribution < 1.29 is 28.7 Å². The van der Waals surface area contributed by atoms with Crippen molar-refractivity contribution in [3.63, 3.8) is 0 Å². The Balaban J connectivity index is 1.14. The molecule has 12 heteroatoms. The Kier molecular flexibility index (Phi) is 7.59. The van der Waals surface area contributed by atoms with Crippen LogP contribution in [-0.4, -0.2) is 43.4 Å². The topological polar surface area (TPSA) is 113 Å². The number of hydrogen-bond donors (Lipinski definition) is 1. The summed E-state index contributed by atoms with van der Waals surface area (Å²) in [7, 11) is 1.69. The Labute approximate surface area is 313 Å². The van der Waals surface area contributed by atoms with Crippen LogP contribution in [-0.2, 0) is 32.8 Å². The second-order valence-corrected chi connectivity index (χ2v) is 16.3. The first-order valence-corrected chi connectivity index (χ1v) is 18.8. The first-order valence-electron chi connectivity index (χ1n) is 17.6. The van der Waals surface area contributed by atoms with Gasteiger partial charge in [-0.1, -0.05) is 59.6 Å². The summed E-state index contributed by atoms with van der Waals surface area (Å²) in [5.41, 5.74) is 2.18. The highest BCUT2D eigenvalue weighted by atomic mass is 35.5. The lowest BCUT2D eigenvalue weighted by Gasteiger charge is -2.49. The largest absolute Gasteiger partial charge is 0.505 e. The van der Waals surface area contributed by atoms with Gasteiger partial charge in [-0.25, -0.2) is 9.29 Å². The van der Waals surface area contributed by atoms with Crippen LogP contribution >= 0.6 is 22.9 Å². The molecule has 0 spiro atoms. The van der Waals surface area contributed by atoms with E-state index >= 15 is 4.39 Å². The highest BCUT2D eigenvalue weighted by Crippen LogP contribution is 2.64. The first-order chi connectivity index (χ1) is 25.4. The van der Waals surface area contributed by atoms with E-state index in [9.17, 15) is 24.3 Å². The van der Waals surface area contributed by atoms with Gasteiger partial charge in [0.1, 0.15) is 11.5 Å². The molecule has 5 aromatic rings. The van der Waals surface area contributed by atoms with Gasteiger partial charge in [0, 0.05) is 28.8 Å². The third-order valence-electron chi connectivity index (χ3n) is 12.1. The number of nitrogens with zero attached hydrogens (tertiary/aromatic N) is 4. The zero-order valence-electron chi connectivity index (χ0n) is 29.0. The standard InChI is InChI=1S/C41H34ClFN4O5S/c1-20-26-16-23(42)10-14-32(26)53-36(20)30-18-33(45(3)44-30)47-38(50)28-17-27-24(35(41(28,2)40(47)52)22-9-13-31(48)29(43)15-22)11-12-25-34(27)39(51)46(37(25)49)19-21-7-5-4-6-8-21/h4-11,13-16,18,25,27-28,34-35,48H,12,17,19H2,1-3H3. The molecule has 2 aliphatic heterocycles. The number of aromatic nitrogens is 2. The lowest BCUT2D eigenvalue weighted by molar-refractivity contribution is -0.141. The first kappa shape index (κ1) is 33.7. The van der Waals surface area contributed by atoms with Gasteiger partial charge in [0.05, 0.1) is 34.6 Å². The molecule has 2 aliphatic carbocycles. The molecule has 4 heterocycles.